The van der Waals surface area contributed by atoms with E-state index in [1.807, 2.05) is 24.3 Å². The van der Waals surface area contributed by atoms with Gasteiger partial charge in [-0.05, 0) is 12.1 Å². The highest BCUT2D eigenvalue weighted by molar-refractivity contribution is 5.94. The molecule has 3 aromatic rings. The molecule has 4 rings (SSSR count). The van der Waals surface area contributed by atoms with Gasteiger partial charge in [0.1, 0.15) is 5.82 Å². The average molecular weight is 438 g/mol. The first-order chi connectivity index (χ1) is 14.7. The van der Waals surface area contributed by atoms with Crippen LogP contribution in [-0.4, -0.2) is 56.5 Å². The lowest BCUT2D eigenvalue weighted by Crippen LogP contribution is -2.27. The Labute approximate surface area is 173 Å². The van der Waals surface area contributed by atoms with Gasteiger partial charge in [-0.3, -0.25) is 4.90 Å². The van der Waals surface area contributed by atoms with Gasteiger partial charge in [0.2, 0.25) is 11.7 Å². The van der Waals surface area contributed by atoms with E-state index in [1.54, 1.807) is 17.3 Å². The monoisotopic (exact) mass is 438 g/mol. The van der Waals surface area contributed by atoms with Crippen molar-refractivity contribution in [2.75, 3.05) is 18.0 Å². The summed E-state index contributed by atoms with van der Waals surface area (Å²) in [7, 11) is 0. The summed E-state index contributed by atoms with van der Waals surface area (Å²) in [5.74, 6) is -0.791. The fourth-order valence-electron chi connectivity index (χ4n) is 2.66. The van der Waals surface area contributed by atoms with Gasteiger partial charge in [0, 0.05) is 49.6 Å². The van der Waals surface area contributed by atoms with Gasteiger partial charge in [-0.25, -0.2) is 14.6 Å². The largest absolute Gasteiger partial charge is 0.490 e. The fourth-order valence-corrected chi connectivity index (χ4v) is 2.66. The first-order valence-electron chi connectivity index (χ1n) is 9.01. The summed E-state index contributed by atoms with van der Waals surface area (Å²) in [5, 5.41) is 14.0. The minimum absolute atomic E-state index is 0.0839. The summed E-state index contributed by atoms with van der Waals surface area (Å²) >= 11 is 0. The normalized spacial score (nSPS) is 13.5. The number of aromatic amines is 1. The Hall–Kier alpha value is -3.90. The van der Waals surface area contributed by atoms with Crippen molar-refractivity contribution >= 4 is 17.7 Å². The van der Waals surface area contributed by atoms with Gasteiger partial charge in [0.15, 0.2) is 0 Å². The fraction of sp³-hybridized carbons (Fsp3) is 0.278. The number of amides is 2. The third kappa shape index (κ3) is 5.81. The lowest BCUT2D eigenvalue weighted by Gasteiger charge is -2.14. The lowest BCUT2D eigenvalue weighted by molar-refractivity contribution is -0.192. The van der Waals surface area contributed by atoms with Crippen LogP contribution in [0.2, 0.25) is 0 Å². The zero-order valence-electron chi connectivity index (χ0n) is 15.9. The number of rotatable bonds is 5. The van der Waals surface area contributed by atoms with E-state index in [0.717, 1.165) is 17.1 Å². The predicted molar refractivity (Wildman–Crippen MR) is 100 cm³/mol. The SMILES string of the molecule is O=C(O)C(F)(F)F.O=C1NCCN1c1cccc(-c2noc(CCc3ncc[nH]3)n2)c1. The standard InChI is InChI=1S/C16H16N6O2.C2HF3O2/c23-16-19-8-9-22(16)12-3-1-2-11(10-12)15-20-14(24-21-15)5-4-13-17-6-7-18-13;3-2(4,5)1(6)7/h1-3,6-7,10H,4-5,8-9H2,(H,17,18)(H,19,23);(H,6,7). The number of halogens is 3. The molecule has 13 heteroatoms. The Morgan fingerprint density at radius 3 is 2.68 bits per heavy atom. The third-order valence-corrected chi connectivity index (χ3v) is 4.11. The molecule has 1 fully saturated rings. The van der Waals surface area contributed by atoms with Crippen LogP contribution in [0.25, 0.3) is 11.4 Å². The van der Waals surface area contributed by atoms with Crippen LogP contribution in [0.4, 0.5) is 23.7 Å². The molecule has 0 aliphatic carbocycles. The van der Waals surface area contributed by atoms with Gasteiger partial charge >= 0.3 is 18.2 Å². The van der Waals surface area contributed by atoms with Gasteiger partial charge in [0.05, 0.1) is 0 Å². The number of carboxylic acids is 1. The van der Waals surface area contributed by atoms with E-state index in [0.29, 0.717) is 37.6 Å². The van der Waals surface area contributed by atoms with E-state index in [9.17, 15) is 18.0 Å². The van der Waals surface area contributed by atoms with Crippen LogP contribution in [0.5, 0.6) is 0 Å². The molecule has 1 aromatic carbocycles. The molecule has 2 amide bonds. The Morgan fingerprint density at radius 1 is 1.29 bits per heavy atom. The molecule has 1 aliphatic rings. The van der Waals surface area contributed by atoms with Crippen LogP contribution in [0.3, 0.4) is 0 Å². The van der Waals surface area contributed by atoms with E-state index in [2.05, 4.69) is 25.4 Å². The summed E-state index contributed by atoms with van der Waals surface area (Å²) in [6, 6.07) is 7.49. The highest BCUT2D eigenvalue weighted by atomic mass is 19.4. The highest BCUT2D eigenvalue weighted by Crippen LogP contribution is 2.24. The molecule has 3 heterocycles. The number of hydrogen-bond donors (Lipinski definition) is 3. The summed E-state index contributed by atoms with van der Waals surface area (Å²) in [5.41, 5.74) is 1.64. The second kappa shape index (κ2) is 9.28. The first kappa shape index (κ1) is 21.8. The van der Waals surface area contributed by atoms with Crippen molar-refractivity contribution < 1.29 is 32.4 Å². The molecule has 0 atom stereocenters. The quantitative estimate of drug-likeness (QED) is 0.556. The number of nitrogens with one attached hydrogen (secondary N) is 2. The first-order valence-corrected chi connectivity index (χ1v) is 9.01. The maximum absolute atomic E-state index is 11.8. The number of aromatic nitrogens is 4. The topological polar surface area (TPSA) is 137 Å². The van der Waals surface area contributed by atoms with Crippen molar-refractivity contribution in [3.63, 3.8) is 0 Å². The number of H-pyrrole nitrogens is 1. The number of hydrogen-bond acceptors (Lipinski definition) is 6. The molecule has 164 valence electrons. The Kier molecular flexibility index (Phi) is 6.52. The van der Waals surface area contributed by atoms with Gasteiger partial charge in [-0.15, -0.1) is 0 Å². The van der Waals surface area contributed by atoms with Gasteiger partial charge in [0.25, 0.3) is 0 Å². The molecule has 0 saturated carbocycles. The number of aliphatic carboxylic acids is 1. The number of carbonyl (C=O) groups excluding carboxylic acids is 1. The number of imidazole rings is 1. The van der Waals surface area contributed by atoms with Crippen LogP contribution < -0.4 is 10.2 Å². The molecule has 1 aliphatic heterocycles. The van der Waals surface area contributed by atoms with Gasteiger partial charge in [-0.1, -0.05) is 17.3 Å². The average Bonchev–Trinajstić information content (AvgIpc) is 3.48. The molecular weight excluding hydrogens is 421 g/mol. The van der Waals surface area contributed by atoms with Gasteiger partial charge in [-0.2, -0.15) is 18.2 Å². The van der Waals surface area contributed by atoms with E-state index in [4.69, 9.17) is 14.4 Å². The van der Waals surface area contributed by atoms with Crippen molar-refractivity contribution in [1.82, 2.24) is 25.4 Å². The highest BCUT2D eigenvalue weighted by Gasteiger charge is 2.38. The summed E-state index contributed by atoms with van der Waals surface area (Å²) in [6.07, 6.45) is -0.249. The number of nitrogens with zero attached hydrogens (tertiary/aromatic N) is 4. The van der Waals surface area contributed by atoms with Crippen molar-refractivity contribution in [2.24, 2.45) is 0 Å². The maximum atomic E-state index is 11.8. The second-order valence-corrected chi connectivity index (χ2v) is 6.28. The second-order valence-electron chi connectivity index (χ2n) is 6.28. The molecular formula is C18H17F3N6O4. The van der Waals surface area contributed by atoms with E-state index >= 15 is 0 Å². The molecule has 0 unspecified atom stereocenters. The zero-order chi connectivity index (χ0) is 22.4. The molecule has 10 nitrogen and oxygen atoms in total. The number of carboxylic acid groups (broad SMARTS) is 1. The van der Waals surface area contributed by atoms with Crippen LogP contribution in [0, 0.1) is 0 Å². The van der Waals surface area contributed by atoms with E-state index in [-0.39, 0.29) is 6.03 Å². The van der Waals surface area contributed by atoms with Crippen molar-refractivity contribution in [2.45, 2.75) is 19.0 Å². The summed E-state index contributed by atoms with van der Waals surface area (Å²) < 4.78 is 37.0. The smallest absolute Gasteiger partial charge is 0.475 e. The molecule has 0 bridgehead atoms. The Morgan fingerprint density at radius 2 is 2.06 bits per heavy atom. The Bertz CT molecular complexity index is 1040. The molecule has 1 saturated heterocycles. The van der Waals surface area contributed by atoms with Crippen molar-refractivity contribution in [3.8, 4) is 11.4 Å². The number of benzene rings is 1. The summed E-state index contributed by atoms with van der Waals surface area (Å²) in [6.45, 7) is 1.31. The van der Waals surface area contributed by atoms with Gasteiger partial charge < -0.3 is 19.9 Å². The Balaban J connectivity index is 0.000000339. The number of anilines is 1. The number of carbonyl (C=O) groups is 2. The van der Waals surface area contributed by atoms with Crippen molar-refractivity contribution in [1.29, 1.82) is 0 Å². The predicted octanol–water partition coefficient (Wildman–Crippen LogP) is 2.41. The van der Waals surface area contributed by atoms with E-state index in [1.165, 1.54) is 0 Å². The summed E-state index contributed by atoms with van der Waals surface area (Å²) in [4.78, 5) is 34.0. The molecule has 2 aromatic heterocycles. The van der Waals surface area contributed by atoms with Crippen LogP contribution in [0.1, 0.15) is 11.7 Å². The van der Waals surface area contributed by atoms with Crippen LogP contribution in [-0.2, 0) is 17.6 Å². The minimum atomic E-state index is -5.08. The molecule has 31 heavy (non-hydrogen) atoms. The van der Waals surface area contributed by atoms with E-state index < -0.39 is 12.1 Å². The zero-order valence-corrected chi connectivity index (χ0v) is 15.9. The van der Waals surface area contributed by atoms with Crippen LogP contribution in [0.15, 0.2) is 41.2 Å². The third-order valence-electron chi connectivity index (χ3n) is 4.11. The molecule has 3 N–H and O–H groups in total. The number of alkyl halides is 3. The number of aryl methyl sites for hydroxylation is 2. The van der Waals surface area contributed by atoms with Crippen LogP contribution >= 0.6 is 0 Å². The minimum Gasteiger partial charge on any atom is -0.475 e. The lowest BCUT2D eigenvalue weighted by atomic mass is 10.2. The maximum Gasteiger partial charge on any atom is 0.490 e. The molecule has 0 radical (unpaired) electrons. The number of urea groups is 1. The molecule has 0 spiro atoms. The van der Waals surface area contributed by atoms with Crippen molar-refractivity contribution in [3.05, 3.63) is 48.4 Å².